The molecule has 1 aromatic carbocycles. The topological polar surface area (TPSA) is 83.1 Å². The van der Waals surface area contributed by atoms with E-state index in [2.05, 4.69) is 25.2 Å². The van der Waals surface area contributed by atoms with Gasteiger partial charge in [-0.1, -0.05) is 0 Å². The average Bonchev–Trinajstić information content (AvgIpc) is 3.15. The number of fused-ring (bicyclic) bond motifs is 1. The van der Waals surface area contributed by atoms with Gasteiger partial charge in [0.2, 0.25) is 11.9 Å². The van der Waals surface area contributed by atoms with Gasteiger partial charge in [-0.3, -0.25) is 4.79 Å². The largest absolute Gasteiger partial charge is 0.497 e. The summed E-state index contributed by atoms with van der Waals surface area (Å²) in [5.41, 5.74) is 4.23. The number of carbonyl (C=O) groups is 1. The summed E-state index contributed by atoms with van der Waals surface area (Å²) in [6.07, 6.45) is 4.45. The molecule has 30 heavy (non-hydrogen) atoms. The van der Waals surface area contributed by atoms with E-state index in [1.165, 1.54) is 5.56 Å². The van der Waals surface area contributed by atoms with Gasteiger partial charge >= 0.3 is 0 Å². The minimum absolute atomic E-state index is 0.0511. The van der Waals surface area contributed by atoms with Gasteiger partial charge in [0.1, 0.15) is 5.75 Å². The molecule has 3 aromatic rings. The lowest BCUT2D eigenvalue weighted by Gasteiger charge is -2.31. The molecule has 3 heterocycles. The standard InChI is InChI=1S/C23H29N5O2/c1-15-12-16(2)27-23(26-15)28-10-7-17(8-11-28)22(29)24-9-6-18-14-25-21-5-4-19(30-3)13-20(18)21/h4-5,12-14,17,25H,6-11H2,1-3H3,(H,24,29). The SMILES string of the molecule is COc1ccc2[nH]cc(CCNC(=O)C3CCN(c4nc(C)cc(C)n4)CC3)c2c1. The van der Waals surface area contributed by atoms with Crippen molar-refractivity contribution in [1.29, 1.82) is 0 Å². The minimum atomic E-state index is 0.0511. The first kappa shape index (κ1) is 20.2. The fourth-order valence-corrected chi connectivity index (χ4v) is 4.15. The van der Waals surface area contributed by atoms with Gasteiger partial charge in [0, 0.05) is 54.0 Å². The normalized spacial score (nSPS) is 14.8. The number of methoxy groups -OCH3 is 1. The van der Waals surface area contributed by atoms with Crippen molar-refractivity contribution in [3.63, 3.8) is 0 Å². The first-order valence-electron chi connectivity index (χ1n) is 10.5. The number of rotatable bonds is 6. The lowest BCUT2D eigenvalue weighted by atomic mass is 9.96. The Labute approximate surface area is 176 Å². The van der Waals surface area contributed by atoms with Crippen molar-refractivity contribution in [3.8, 4) is 5.75 Å². The number of amides is 1. The molecule has 0 atom stereocenters. The second-order valence-corrected chi connectivity index (χ2v) is 7.98. The molecule has 7 heteroatoms. The van der Waals surface area contributed by atoms with Crippen LogP contribution in [0.1, 0.15) is 29.8 Å². The molecule has 1 aliphatic heterocycles. The van der Waals surface area contributed by atoms with Crippen LogP contribution in [0.4, 0.5) is 5.95 Å². The van der Waals surface area contributed by atoms with E-state index in [0.29, 0.717) is 6.54 Å². The van der Waals surface area contributed by atoms with Gasteiger partial charge in [-0.05, 0) is 62.9 Å². The zero-order valence-corrected chi connectivity index (χ0v) is 17.9. The Morgan fingerprint density at radius 3 is 2.63 bits per heavy atom. The highest BCUT2D eigenvalue weighted by Crippen LogP contribution is 2.24. The molecule has 2 N–H and O–H groups in total. The number of aromatic nitrogens is 3. The van der Waals surface area contributed by atoms with Gasteiger partial charge < -0.3 is 19.9 Å². The van der Waals surface area contributed by atoms with Crippen LogP contribution < -0.4 is 15.0 Å². The number of nitrogens with one attached hydrogen (secondary N) is 2. The number of aromatic amines is 1. The Kier molecular flexibility index (Phi) is 5.88. The predicted molar refractivity (Wildman–Crippen MR) is 118 cm³/mol. The van der Waals surface area contributed by atoms with Gasteiger partial charge in [-0.15, -0.1) is 0 Å². The van der Waals surface area contributed by atoms with Crippen molar-refractivity contribution in [3.05, 3.63) is 47.4 Å². The molecule has 0 radical (unpaired) electrons. The summed E-state index contributed by atoms with van der Waals surface area (Å²) < 4.78 is 5.33. The Morgan fingerprint density at radius 1 is 1.20 bits per heavy atom. The van der Waals surface area contributed by atoms with E-state index in [1.807, 2.05) is 44.3 Å². The van der Waals surface area contributed by atoms with Gasteiger partial charge in [0.05, 0.1) is 7.11 Å². The molecule has 0 aliphatic carbocycles. The molecule has 2 aromatic heterocycles. The fourth-order valence-electron chi connectivity index (χ4n) is 4.15. The summed E-state index contributed by atoms with van der Waals surface area (Å²) in [4.78, 5) is 27.2. The first-order chi connectivity index (χ1) is 14.5. The quantitative estimate of drug-likeness (QED) is 0.656. The van der Waals surface area contributed by atoms with E-state index >= 15 is 0 Å². The summed E-state index contributed by atoms with van der Waals surface area (Å²) in [7, 11) is 1.67. The Morgan fingerprint density at radius 2 is 1.93 bits per heavy atom. The molecule has 4 rings (SSSR count). The van der Waals surface area contributed by atoms with Crippen LogP contribution in [0, 0.1) is 19.8 Å². The number of carbonyl (C=O) groups excluding carboxylic acids is 1. The van der Waals surface area contributed by atoms with E-state index in [1.54, 1.807) is 7.11 Å². The second-order valence-electron chi connectivity index (χ2n) is 7.98. The summed E-state index contributed by atoms with van der Waals surface area (Å²) >= 11 is 0. The molecule has 1 fully saturated rings. The third-order valence-corrected chi connectivity index (χ3v) is 5.79. The van der Waals surface area contributed by atoms with E-state index < -0.39 is 0 Å². The summed E-state index contributed by atoms with van der Waals surface area (Å²) in [6, 6.07) is 7.98. The maximum absolute atomic E-state index is 12.7. The van der Waals surface area contributed by atoms with Crippen LogP contribution in [0.25, 0.3) is 10.9 Å². The molecule has 1 aliphatic rings. The smallest absolute Gasteiger partial charge is 0.225 e. The lowest BCUT2D eigenvalue weighted by Crippen LogP contribution is -2.41. The third kappa shape index (κ3) is 4.40. The van der Waals surface area contributed by atoms with E-state index in [4.69, 9.17) is 4.74 Å². The number of piperidine rings is 1. The number of benzene rings is 1. The van der Waals surface area contributed by atoms with Crippen molar-refractivity contribution < 1.29 is 9.53 Å². The monoisotopic (exact) mass is 407 g/mol. The first-order valence-corrected chi connectivity index (χ1v) is 10.5. The van der Waals surface area contributed by atoms with Crippen molar-refractivity contribution in [2.75, 3.05) is 31.6 Å². The van der Waals surface area contributed by atoms with Crippen molar-refractivity contribution in [2.45, 2.75) is 33.1 Å². The molecule has 158 valence electrons. The van der Waals surface area contributed by atoms with Crippen LogP contribution >= 0.6 is 0 Å². The highest BCUT2D eigenvalue weighted by molar-refractivity contribution is 5.85. The van der Waals surface area contributed by atoms with Crippen LogP contribution in [0.15, 0.2) is 30.5 Å². The maximum Gasteiger partial charge on any atom is 0.225 e. The van der Waals surface area contributed by atoms with Crippen molar-refractivity contribution >= 4 is 22.8 Å². The van der Waals surface area contributed by atoms with Crippen LogP contribution in [-0.4, -0.2) is 47.6 Å². The van der Waals surface area contributed by atoms with Crippen LogP contribution in [-0.2, 0) is 11.2 Å². The summed E-state index contributed by atoms with van der Waals surface area (Å²) in [6.45, 7) is 6.22. The molecular weight excluding hydrogens is 378 g/mol. The van der Waals surface area contributed by atoms with E-state index in [9.17, 15) is 4.79 Å². The Balaban J connectivity index is 1.28. The zero-order valence-electron chi connectivity index (χ0n) is 17.9. The van der Waals surface area contributed by atoms with Crippen LogP contribution in [0.3, 0.4) is 0 Å². The molecular formula is C23H29N5O2. The van der Waals surface area contributed by atoms with E-state index in [-0.39, 0.29) is 11.8 Å². The van der Waals surface area contributed by atoms with Gasteiger partial charge in [-0.2, -0.15) is 0 Å². The molecule has 0 spiro atoms. The maximum atomic E-state index is 12.7. The number of anilines is 1. The number of aryl methyl sites for hydroxylation is 2. The Bertz CT molecular complexity index is 1020. The molecule has 0 bridgehead atoms. The number of nitrogens with zero attached hydrogens (tertiary/aromatic N) is 3. The summed E-state index contributed by atoms with van der Waals surface area (Å²) in [5, 5.41) is 4.27. The van der Waals surface area contributed by atoms with E-state index in [0.717, 1.165) is 66.3 Å². The fraction of sp³-hybridized carbons (Fsp3) is 0.435. The average molecular weight is 408 g/mol. The van der Waals surface area contributed by atoms with Gasteiger partial charge in [0.15, 0.2) is 0 Å². The number of hydrogen-bond acceptors (Lipinski definition) is 5. The molecule has 0 unspecified atom stereocenters. The molecule has 0 saturated carbocycles. The third-order valence-electron chi connectivity index (χ3n) is 5.79. The minimum Gasteiger partial charge on any atom is -0.497 e. The van der Waals surface area contributed by atoms with Crippen molar-refractivity contribution in [1.82, 2.24) is 20.3 Å². The number of hydrogen-bond donors (Lipinski definition) is 2. The summed E-state index contributed by atoms with van der Waals surface area (Å²) in [5.74, 6) is 1.82. The highest BCUT2D eigenvalue weighted by Gasteiger charge is 2.26. The van der Waals surface area contributed by atoms with Gasteiger partial charge in [-0.25, -0.2) is 9.97 Å². The zero-order chi connectivity index (χ0) is 21.1. The highest BCUT2D eigenvalue weighted by atomic mass is 16.5. The van der Waals surface area contributed by atoms with Crippen LogP contribution in [0.5, 0.6) is 5.75 Å². The van der Waals surface area contributed by atoms with Gasteiger partial charge in [0.25, 0.3) is 0 Å². The predicted octanol–water partition coefficient (Wildman–Crippen LogP) is 3.16. The molecule has 7 nitrogen and oxygen atoms in total. The van der Waals surface area contributed by atoms with Crippen molar-refractivity contribution in [2.24, 2.45) is 5.92 Å². The molecule has 1 saturated heterocycles. The number of ether oxygens (including phenoxy) is 1. The van der Waals surface area contributed by atoms with Crippen LogP contribution in [0.2, 0.25) is 0 Å². The Hall–Kier alpha value is -3.09. The number of H-pyrrole nitrogens is 1. The lowest BCUT2D eigenvalue weighted by molar-refractivity contribution is -0.125. The molecule has 1 amide bonds. The second kappa shape index (κ2) is 8.73.